The summed E-state index contributed by atoms with van der Waals surface area (Å²) in [5.41, 5.74) is -2.97. The van der Waals surface area contributed by atoms with Crippen molar-refractivity contribution in [1.29, 1.82) is 0 Å². The maximum absolute atomic E-state index is 14.1. The number of thiophene rings is 1. The van der Waals surface area contributed by atoms with Gasteiger partial charge in [-0.25, -0.2) is 18.4 Å². The van der Waals surface area contributed by atoms with Crippen molar-refractivity contribution < 1.29 is 26.7 Å². The van der Waals surface area contributed by atoms with Crippen LogP contribution in [0.3, 0.4) is 0 Å². The second-order valence-electron chi connectivity index (χ2n) is 7.11. The van der Waals surface area contributed by atoms with Crippen LogP contribution in [0.1, 0.15) is 28.2 Å². The summed E-state index contributed by atoms with van der Waals surface area (Å²) in [5.74, 6) is -1.00. The molecule has 1 amide bonds. The van der Waals surface area contributed by atoms with Gasteiger partial charge in [-0.3, -0.25) is 9.78 Å². The molecule has 0 bridgehead atoms. The van der Waals surface area contributed by atoms with Gasteiger partial charge >= 0.3 is 6.18 Å². The number of carbonyl (C=O) groups excluding carboxylic acids is 1. The fourth-order valence-corrected chi connectivity index (χ4v) is 4.58. The summed E-state index contributed by atoms with van der Waals surface area (Å²) in [7, 11) is 0. The van der Waals surface area contributed by atoms with Crippen molar-refractivity contribution in [3.05, 3.63) is 70.5 Å². The summed E-state index contributed by atoms with van der Waals surface area (Å²) in [6, 6.07) is 2.65. The lowest BCUT2D eigenvalue weighted by Crippen LogP contribution is -2.21. The Labute approximate surface area is 206 Å². The van der Waals surface area contributed by atoms with E-state index in [2.05, 4.69) is 30.6 Å². The van der Waals surface area contributed by atoms with Gasteiger partial charge in [0.05, 0.1) is 57.6 Å². The number of nitrogens with one attached hydrogen (secondary N) is 1. The number of aromatic nitrogens is 7. The number of carbonyl (C=O) groups is 1. The van der Waals surface area contributed by atoms with E-state index in [1.165, 1.54) is 36.1 Å². The van der Waals surface area contributed by atoms with Gasteiger partial charge in [-0.05, 0) is 17.5 Å². The predicted octanol–water partition coefficient (Wildman–Crippen LogP) is 5.32. The average molecular weight is 541 g/mol. The van der Waals surface area contributed by atoms with Crippen LogP contribution in [0.2, 0.25) is 5.02 Å². The quantitative estimate of drug-likeness (QED) is 0.303. The molecule has 16 heteroatoms. The normalized spacial score (nSPS) is 12.0. The number of hydrogen-bond acceptors (Lipinski definition) is 7. The molecule has 0 atom stereocenters. The summed E-state index contributed by atoms with van der Waals surface area (Å²) in [6.45, 7) is 0. The van der Waals surface area contributed by atoms with E-state index in [-0.39, 0.29) is 32.3 Å². The molecule has 0 aliphatic heterocycles. The van der Waals surface area contributed by atoms with Crippen LogP contribution in [-0.4, -0.2) is 40.6 Å². The molecule has 0 spiro atoms. The van der Waals surface area contributed by atoms with Crippen LogP contribution in [0, 0.1) is 0 Å². The van der Waals surface area contributed by atoms with E-state index in [9.17, 15) is 26.7 Å². The molecule has 0 fully saturated rings. The van der Waals surface area contributed by atoms with Gasteiger partial charge in [0.15, 0.2) is 11.5 Å². The van der Waals surface area contributed by atoms with Crippen LogP contribution >= 0.6 is 22.9 Å². The molecule has 36 heavy (non-hydrogen) atoms. The van der Waals surface area contributed by atoms with Gasteiger partial charge in [0.25, 0.3) is 12.3 Å². The van der Waals surface area contributed by atoms with E-state index >= 15 is 0 Å². The highest BCUT2D eigenvalue weighted by Crippen LogP contribution is 2.38. The summed E-state index contributed by atoms with van der Waals surface area (Å²) in [4.78, 5) is 21.6. The van der Waals surface area contributed by atoms with Crippen molar-refractivity contribution in [3.8, 4) is 11.5 Å². The molecule has 0 aliphatic rings. The molecule has 9 nitrogen and oxygen atoms in total. The molecule has 0 unspecified atom stereocenters. The van der Waals surface area contributed by atoms with Crippen LogP contribution < -0.4 is 5.32 Å². The van der Waals surface area contributed by atoms with E-state index in [0.717, 1.165) is 28.5 Å². The molecule has 0 aromatic carbocycles. The first-order valence-electron chi connectivity index (χ1n) is 9.78. The van der Waals surface area contributed by atoms with Crippen LogP contribution in [0.4, 0.5) is 27.6 Å². The number of alkyl halides is 5. The Bertz CT molecular complexity index is 1580. The third-order valence-corrected chi connectivity index (χ3v) is 6.12. The molecule has 0 saturated carbocycles. The molecular weight excluding hydrogens is 531 g/mol. The van der Waals surface area contributed by atoms with Crippen molar-refractivity contribution in [2.75, 3.05) is 5.32 Å². The first kappa shape index (κ1) is 23.7. The smallest absolute Gasteiger partial charge is 0.320 e. The number of nitrogens with zero attached hydrogens (tertiary/aromatic N) is 7. The molecule has 0 saturated heterocycles. The van der Waals surface area contributed by atoms with E-state index in [1.54, 1.807) is 0 Å². The standard InChI is InChI=1S/C20H10ClF5N8OS/c21-12-5-9(6-28-18(12)34-29-2-3-30-34)32-19(35)11-7-31-33(16(11)20(24,25)26)13-8-27-14(17(22)23)15-10(13)1-4-36-15/h1-8,17H,(H,32,35). The summed E-state index contributed by atoms with van der Waals surface area (Å²) in [6.07, 6.45) is -2.40. The summed E-state index contributed by atoms with van der Waals surface area (Å²) >= 11 is 7.05. The number of fused-ring (bicyclic) bond motifs is 1. The third kappa shape index (κ3) is 4.15. The van der Waals surface area contributed by atoms with Crippen LogP contribution in [0.5, 0.6) is 0 Å². The Balaban J connectivity index is 1.53. The first-order valence-corrected chi connectivity index (χ1v) is 11.0. The lowest BCUT2D eigenvalue weighted by Gasteiger charge is -2.14. The SMILES string of the molecule is O=C(Nc1cnc(-n2nccn2)c(Cl)c1)c1cnn(-c2cnc(C(F)F)c3sccc23)c1C(F)(F)F. The fraction of sp³-hybridized carbons (Fsp3) is 0.100. The van der Waals surface area contributed by atoms with E-state index in [4.69, 9.17) is 11.6 Å². The topological polar surface area (TPSA) is 103 Å². The lowest BCUT2D eigenvalue weighted by molar-refractivity contribution is -0.143. The molecule has 0 aliphatic carbocycles. The maximum atomic E-state index is 14.1. The minimum absolute atomic E-state index is 0.00459. The van der Waals surface area contributed by atoms with Crippen molar-refractivity contribution in [2.45, 2.75) is 12.6 Å². The number of rotatable bonds is 5. The van der Waals surface area contributed by atoms with Gasteiger partial charge in [-0.2, -0.15) is 28.5 Å². The van der Waals surface area contributed by atoms with Gasteiger partial charge in [-0.15, -0.1) is 16.1 Å². The zero-order chi connectivity index (χ0) is 25.6. The van der Waals surface area contributed by atoms with Crippen molar-refractivity contribution in [1.82, 2.24) is 34.7 Å². The number of anilines is 1. The predicted molar refractivity (Wildman–Crippen MR) is 119 cm³/mol. The number of halogens is 6. The Morgan fingerprint density at radius 2 is 1.83 bits per heavy atom. The molecule has 1 N–H and O–H groups in total. The zero-order valence-electron chi connectivity index (χ0n) is 17.4. The molecule has 184 valence electrons. The monoisotopic (exact) mass is 540 g/mol. The maximum Gasteiger partial charge on any atom is 0.434 e. The second kappa shape index (κ2) is 8.91. The molecule has 5 aromatic heterocycles. The highest BCUT2D eigenvalue weighted by molar-refractivity contribution is 7.17. The minimum Gasteiger partial charge on any atom is -0.320 e. The van der Waals surface area contributed by atoms with Gasteiger partial charge in [0.1, 0.15) is 5.69 Å². The largest absolute Gasteiger partial charge is 0.434 e. The number of amides is 1. The van der Waals surface area contributed by atoms with Crippen molar-refractivity contribution in [3.63, 3.8) is 0 Å². The van der Waals surface area contributed by atoms with Crippen molar-refractivity contribution >= 4 is 44.6 Å². The fourth-order valence-electron chi connectivity index (χ4n) is 3.43. The zero-order valence-corrected chi connectivity index (χ0v) is 19.0. The van der Waals surface area contributed by atoms with Crippen molar-refractivity contribution in [2.24, 2.45) is 0 Å². The van der Waals surface area contributed by atoms with Crippen LogP contribution in [-0.2, 0) is 6.18 Å². The van der Waals surface area contributed by atoms with Gasteiger partial charge in [-0.1, -0.05) is 11.6 Å². The molecule has 5 heterocycles. The van der Waals surface area contributed by atoms with E-state index in [1.807, 2.05) is 0 Å². The Morgan fingerprint density at radius 1 is 1.08 bits per heavy atom. The third-order valence-electron chi connectivity index (χ3n) is 4.90. The second-order valence-corrected chi connectivity index (χ2v) is 8.43. The summed E-state index contributed by atoms with van der Waals surface area (Å²) in [5, 5.41) is 15.4. The highest BCUT2D eigenvalue weighted by Gasteiger charge is 2.41. The Hall–Kier alpha value is -3.98. The van der Waals surface area contributed by atoms with E-state index < -0.39 is 35.5 Å². The van der Waals surface area contributed by atoms with Gasteiger partial charge < -0.3 is 5.32 Å². The Kier molecular flexibility index (Phi) is 5.88. The average Bonchev–Trinajstić information content (AvgIpc) is 3.58. The van der Waals surface area contributed by atoms with Gasteiger partial charge in [0, 0.05) is 5.39 Å². The molecule has 5 aromatic rings. The number of hydrogen-bond donors (Lipinski definition) is 1. The molecule has 5 rings (SSSR count). The molecular formula is C20H10ClF5N8OS. The van der Waals surface area contributed by atoms with Crippen LogP contribution in [0.25, 0.3) is 21.6 Å². The highest BCUT2D eigenvalue weighted by atomic mass is 35.5. The van der Waals surface area contributed by atoms with Gasteiger partial charge in [0.2, 0.25) is 0 Å². The Morgan fingerprint density at radius 3 is 2.50 bits per heavy atom. The number of pyridine rings is 2. The summed E-state index contributed by atoms with van der Waals surface area (Å²) < 4.78 is 69.4. The minimum atomic E-state index is -5.03. The lowest BCUT2D eigenvalue weighted by atomic mass is 10.2. The molecule has 0 radical (unpaired) electrons. The first-order chi connectivity index (χ1) is 17.1. The van der Waals surface area contributed by atoms with E-state index in [0.29, 0.717) is 4.68 Å². The van der Waals surface area contributed by atoms with Crippen LogP contribution in [0.15, 0.2) is 48.5 Å².